The second kappa shape index (κ2) is 9.03. The highest BCUT2D eigenvalue weighted by molar-refractivity contribution is 7.89. The van der Waals surface area contributed by atoms with Crippen molar-refractivity contribution < 1.29 is 22.7 Å². The number of rotatable bonds is 7. The van der Waals surface area contributed by atoms with Gasteiger partial charge in [0.25, 0.3) is 10.0 Å². The molecule has 148 valence electrons. The quantitative estimate of drug-likeness (QED) is 0.279. The maximum atomic E-state index is 12.3. The van der Waals surface area contributed by atoms with E-state index >= 15 is 0 Å². The molecule has 1 N–H and O–H groups in total. The van der Waals surface area contributed by atoms with Crippen LogP contribution < -0.4 is 14.3 Å². The lowest BCUT2D eigenvalue weighted by molar-refractivity contribution is 0.0729. The molecule has 0 aliphatic rings. The number of hydrazone groups is 1. The Labute approximate surface area is 168 Å². The molecule has 0 aliphatic carbocycles. The average molecular weight is 410 g/mol. The van der Waals surface area contributed by atoms with Gasteiger partial charge >= 0.3 is 5.97 Å². The first-order valence-electron chi connectivity index (χ1n) is 8.55. The first-order chi connectivity index (χ1) is 14.0. The normalized spacial score (nSPS) is 11.2. The van der Waals surface area contributed by atoms with Crippen molar-refractivity contribution in [1.82, 2.24) is 4.83 Å². The molecule has 0 aromatic heterocycles. The SMILES string of the molecule is COc1ccc(/C=N\NS(=O)(=O)c2ccccc2)cc1OC(=O)c1ccccc1. The molecular weight excluding hydrogens is 392 g/mol. The van der Waals surface area contributed by atoms with Crippen LogP contribution in [0.5, 0.6) is 11.5 Å². The first-order valence-corrected chi connectivity index (χ1v) is 10.0. The van der Waals surface area contributed by atoms with Gasteiger partial charge in [0.1, 0.15) is 0 Å². The van der Waals surface area contributed by atoms with Crippen molar-refractivity contribution in [2.24, 2.45) is 5.10 Å². The predicted molar refractivity (Wildman–Crippen MR) is 109 cm³/mol. The summed E-state index contributed by atoms with van der Waals surface area (Å²) in [6.07, 6.45) is 1.31. The molecule has 3 aromatic rings. The summed E-state index contributed by atoms with van der Waals surface area (Å²) in [5, 5.41) is 3.78. The summed E-state index contributed by atoms with van der Waals surface area (Å²) in [5.74, 6) is 0.00952. The predicted octanol–water partition coefficient (Wildman–Crippen LogP) is 3.23. The van der Waals surface area contributed by atoms with Crippen molar-refractivity contribution in [3.8, 4) is 11.5 Å². The molecule has 0 amide bonds. The second-order valence-electron chi connectivity index (χ2n) is 5.83. The van der Waals surface area contributed by atoms with Crippen molar-refractivity contribution in [3.63, 3.8) is 0 Å². The topological polar surface area (TPSA) is 94.1 Å². The van der Waals surface area contributed by atoms with E-state index in [1.54, 1.807) is 60.7 Å². The lowest BCUT2D eigenvalue weighted by Crippen LogP contribution is -2.18. The van der Waals surface area contributed by atoms with E-state index in [4.69, 9.17) is 9.47 Å². The summed E-state index contributed by atoms with van der Waals surface area (Å²) >= 11 is 0. The van der Waals surface area contributed by atoms with Crippen LogP contribution in [0.3, 0.4) is 0 Å². The van der Waals surface area contributed by atoms with Gasteiger partial charge in [0.2, 0.25) is 0 Å². The van der Waals surface area contributed by atoms with Crippen LogP contribution in [0, 0.1) is 0 Å². The van der Waals surface area contributed by atoms with Gasteiger partial charge < -0.3 is 9.47 Å². The fourth-order valence-corrected chi connectivity index (χ4v) is 3.22. The maximum absolute atomic E-state index is 12.3. The molecule has 0 fully saturated rings. The van der Waals surface area contributed by atoms with Gasteiger partial charge in [-0.25, -0.2) is 9.63 Å². The molecule has 0 saturated carbocycles. The number of sulfonamides is 1. The van der Waals surface area contributed by atoms with Gasteiger partial charge in [-0.15, -0.1) is 0 Å². The zero-order valence-corrected chi connectivity index (χ0v) is 16.3. The van der Waals surface area contributed by atoms with Gasteiger partial charge in [-0.2, -0.15) is 13.5 Å². The Balaban J connectivity index is 1.76. The molecule has 0 aliphatic heterocycles. The summed E-state index contributed by atoms with van der Waals surface area (Å²) < 4.78 is 35.0. The second-order valence-corrected chi connectivity index (χ2v) is 7.49. The fraction of sp³-hybridized carbons (Fsp3) is 0.0476. The highest BCUT2D eigenvalue weighted by Gasteiger charge is 2.13. The zero-order chi connectivity index (χ0) is 20.7. The molecular formula is C21H18N2O5S. The number of nitrogens with zero attached hydrogens (tertiary/aromatic N) is 1. The van der Waals surface area contributed by atoms with E-state index in [-0.39, 0.29) is 10.6 Å². The van der Waals surface area contributed by atoms with E-state index in [0.717, 1.165) is 0 Å². The Bertz CT molecular complexity index is 1110. The van der Waals surface area contributed by atoms with E-state index in [1.165, 1.54) is 31.5 Å². The number of methoxy groups -OCH3 is 1. The number of ether oxygens (including phenoxy) is 2. The van der Waals surface area contributed by atoms with Crippen LogP contribution in [-0.4, -0.2) is 27.7 Å². The third-order valence-corrected chi connectivity index (χ3v) is 5.08. The largest absolute Gasteiger partial charge is 0.493 e. The van der Waals surface area contributed by atoms with Crippen molar-refractivity contribution in [3.05, 3.63) is 90.0 Å². The summed E-state index contributed by atoms with van der Waals surface area (Å²) in [6, 6.07) is 21.2. The number of carbonyl (C=O) groups is 1. The van der Waals surface area contributed by atoms with E-state index in [1.807, 2.05) is 0 Å². The molecule has 0 saturated heterocycles. The third-order valence-electron chi connectivity index (χ3n) is 3.84. The minimum Gasteiger partial charge on any atom is -0.493 e. The van der Waals surface area contributed by atoms with Crippen molar-refractivity contribution >= 4 is 22.2 Å². The fourth-order valence-electron chi connectivity index (χ4n) is 2.41. The highest BCUT2D eigenvalue weighted by atomic mass is 32.2. The zero-order valence-electron chi connectivity index (χ0n) is 15.5. The molecule has 3 rings (SSSR count). The van der Waals surface area contributed by atoms with Gasteiger partial charge in [0.05, 0.1) is 23.8 Å². The molecule has 0 spiro atoms. The van der Waals surface area contributed by atoms with Crippen LogP contribution in [0.2, 0.25) is 0 Å². The summed E-state index contributed by atoms with van der Waals surface area (Å²) in [4.78, 5) is 14.5. The highest BCUT2D eigenvalue weighted by Crippen LogP contribution is 2.28. The van der Waals surface area contributed by atoms with Crippen LogP contribution >= 0.6 is 0 Å². The monoisotopic (exact) mass is 410 g/mol. The minimum absolute atomic E-state index is 0.101. The number of nitrogens with one attached hydrogen (secondary N) is 1. The summed E-state index contributed by atoms with van der Waals surface area (Å²) in [7, 11) is -2.31. The molecule has 0 radical (unpaired) electrons. The Morgan fingerprint density at radius 1 is 0.931 bits per heavy atom. The third kappa shape index (κ3) is 5.20. The average Bonchev–Trinajstić information content (AvgIpc) is 2.75. The number of hydrogen-bond acceptors (Lipinski definition) is 6. The molecule has 29 heavy (non-hydrogen) atoms. The smallest absolute Gasteiger partial charge is 0.343 e. The Hall–Kier alpha value is -3.65. The summed E-state index contributed by atoms with van der Waals surface area (Å²) in [6.45, 7) is 0. The van der Waals surface area contributed by atoms with Gasteiger partial charge in [-0.1, -0.05) is 36.4 Å². The van der Waals surface area contributed by atoms with Gasteiger partial charge in [-0.3, -0.25) is 0 Å². The molecule has 8 heteroatoms. The number of esters is 1. The Kier molecular flexibility index (Phi) is 6.25. The first kappa shape index (κ1) is 20.1. The van der Waals surface area contributed by atoms with Crippen LogP contribution in [-0.2, 0) is 10.0 Å². The van der Waals surface area contributed by atoms with E-state index < -0.39 is 16.0 Å². The van der Waals surface area contributed by atoms with Crippen LogP contribution in [0.1, 0.15) is 15.9 Å². The van der Waals surface area contributed by atoms with Crippen LogP contribution in [0.25, 0.3) is 0 Å². The Morgan fingerprint density at radius 2 is 1.59 bits per heavy atom. The van der Waals surface area contributed by atoms with E-state index in [2.05, 4.69) is 9.93 Å². The number of benzene rings is 3. The van der Waals surface area contributed by atoms with Gasteiger partial charge in [0, 0.05) is 0 Å². The molecule has 0 unspecified atom stereocenters. The molecule has 7 nitrogen and oxygen atoms in total. The standard InChI is InChI=1S/C21H18N2O5S/c1-27-19-13-12-16(14-20(19)28-21(24)17-8-4-2-5-9-17)15-22-23-29(25,26)18-10-6-3-7-11-18/h2-15,23H,1H3/b22-15-. The maximum Gasteiger partial charge on any atom is 0.343 e. The Morgan fingerprint density at radius 3 is 2.24 bits per heavy atom. The number of carbonyl (C=O) groups excluding carboxylic acids is 1. The molecule has 3 aromatic carbocycles. The van der Waals surface area contributed by atoms with Gasteiger partial charge in [-0.05, 0) is 48.0 Å². The lowest BCUT2D eigenvalue weighted by atomic mass is 10.2. The number of hydrogen-bond donors (Lipinski definition) is 1. The lowest BCUT2D eigenvalue weighted by Gasteiger charge is -2.10. The molecule has 0 atom stereocenters. The van der Waals surface area contributed by atoms with E-state index in [9.17, 15) is 13.2 Å². The minimum atomic E-state index is -3.77. The molecule has 0 heterocycles. The molecule has 0 bridgehead atoms. The van der Waals surface area contributed by atoms with E-state index in [0.29, 0.717) is 16.9 Å². The van der Waals surface area contributed by atoms with Crippen molar-refractivity contribution in [2.45, 2.75) is 4.90 Å². The van der Waals surface area contributed by atoms with Crippen molar-refractivity contribution in [2.75, 3.05) is 7.11 Å². The van der Waals surface area contributed by atoms with Gasteiger partial charge in [0.15, 0.2) is 11.5 Å². The van der Waals surface area contributed by atoms with Crippen molar-refractivity contribution in [1.29, 1.82) is 0 Å². The van der Waals surface area contributed by atoms with Crippen LogP contribution in [0.15, 0.2) is 88.9 Å². The summed E-state index contributed by atoms with van der Waals surface area (Å²) in [5.41, 5.74) is 0.904. The van der Waals surface area contributed by atoms with Crippen LogP contribution in [0.4, 0.5) is 0 Å².